The Bertz CT molecular complexity index is 1020. The van der Waals surface area contributed by atoms with E-state index < -0.39 is 27.3 Å². The summed E-state index contributed by atoms with van der Waals surface area (Å²) in [5, 5.41) is 0. The summed E-state index contributed by atoms with van der Waals surface area (Å²) in [6.07, 6.45) is 0.447. The minimum Gasteiger partial charge on any atom is -0.334 e. The summed E-state index contributed by atoms with van der Waals surface area (Å²) >= 11 is 3.30. The average Bonchev–Trinajstić information content (AvgIpc) is 2.60. The number of nitrogens with one attached hydrogen (secondary N) is 1. The summed E-state index contributed by atoms with van der Waals surface area (Å²) in [5.74, 6) is -1.10. The smallest absolute Gasteiger partial charge is 0.334 e. The van der Waals surface area contributed by atoms with Gasteiger partial charge >= 0.3 is 15.5 Å². The molecule has 0 saturated heterocycles. The van der Waals surface area contributed by atoms with Crippen LogP contribution in [0.1, 0.15) is 21.5 Å². The first-order valence-electron chi connectivity index (χ1n) is 7.94. The van der Waals surface area contributed by atoms with Gasteiger partial charge in [0.1, 0.15) is 5.82 Å². The van der Waals surface area contributed by atoms with Gasteiger partial charge in [-0.05, 0) is 41.8 Å². The molecule has 1 aliphatic heterocycles. The SMILES string of the molecule is O=C1c2c(F)ccc(Br)c2CCN1Cc1ccc(NS(=O)(=O)C(F)(F)F)cc1. The number of hydrogen-bond donors (Lipinski definition) is 1. The van der Waals surface area contributed by atoms with Crippen LogP contribution in [0.5, 0.6) is 0 Å². The van der Waals surface area contributed by atoms with Crippen molar-refractivity contribution in [2.45, 2.75) is 18.5 Å². The Labute approximate surface area is 166 Å². The second-order valence-corrected chi connectivity index (χ2v) is 8.64. The monoisotopic (exact) mass is 480 g/mol. The Morgan fingerprint density at radius 1 is 1.11 bits per heavy atom. The Balaban J connectivity index is 1.75. The molecule has 0 radical (unpaired) electrons. The maximum absolute atomic E-state index is 14.1. The molecule has 0 bridgehead atoms. The number of carbonyl (C=O) groups excluding carboxylic acids is 1. The molecule has 1 aliphatic rings. The van der Waals surface area contributed by atoms with E-state index in [4.69, 9.17) is 0 Å². The van der Waals surface area contributed by atoms with Crippen LogP contribution in [0.3, 0.4) is 0 Å². The molecular formula is C17H13BrF4N2O3S. The lowest BCUT2D eigenvalue weighted by molar-refractivity contribution is -0.0429. The van der Waals surface area contributed by atoms with E-state index in [2.05, 4.69) is 15.9 Å². The molecule has 11 heteroatoms. The number of alkyl halides is 3. The van der Waals surface area contributed by atoms with E-state index in [-0.39, 0.29) is 17.8 Å². The van der Waals surface area contributed by atoms with Crippen molar-refractivity contribution < 1.29 is 30.8 Å². The highest BCUT2D eigenvalue weighted by Gasteiger charge is 2.46. The fourth-order valence-corrected chi connectivity index (χ4v) is 3.93. The Morgan fingerprint density at radius 2 is 1.75 bits per heavy atom. The lowest BCUT2D eigenvalue weighted by Gasteiger charge is -2.29. The highest BCUT2D eigenvalue weighted by atomic mass is 79.9. The van der Waals surface area contributed by atoms with Crippen molar-refractivity contribution in [2.75, 3.05) is 11.3 Å². The summed E-state index contributed by atoms with van der Waals surface area (Å²) in [5.41, 5.74) is -4.53. The van der Waals surface area contributed by atoms with Crippen LogP contribution >= 0.6 is 15.9 Å². The Kier molecular flexibility index (Phi) is 5.41. The summed E-state index contributed by atoms with van der Waals surface area (Å²) in [7, 11) is -5.50. The van der Waals surface area contributed by atoms with Crippen LogP contribution in [0.4, 0.5) is 23.2 Å². The van der Waals surface area contributed by atoms with Crippen molar-refractivity contribution in [3.05, 3.63) is 63.4 Å². The van der Waals surface area contributed by atoms with Crippen LogP contribution in [-0.2, 0) is 23.0 Å². The van der Waals surface area contributed by atoms with Gasteiger partial charge in [0.15, 0.2) is 0 Å². The maximum atomic E-state index is 14.1. The predicted octanol–water partition coefficient (Wildman–Crippen LogP) is 4.05. The zero-order valence-corrected chi connectivity index (χ0v) is 16.5. The minimum absolute atomic E-state index is 0.00446. The number of hydrogen-bond acceptors (Lipinski definition) is 3. The van der Waals surface area contributed by atoms with Crippen LogP contribution in [0.25, 0.3) is 0 Å². The van der Waals surface area contributed by atoms with E-state index in [1.165, 1.54) is 33.9 Å². The molecule has 1 heterocycles. The van der Waals surface area contributed by atoms with Crippen molar-refractivity contribution in [1.82, 2.24) is 4.90 Å². The molecule has 5 nitrogen and oxygen atoms in total. The first-order valence-corrected chi connectivity index (χ1v) is 10.2. The standard InChI is InChI=1S/C17H13BrF4N2O3S/c18-13-5-6-14(19)15-12(13)7-8-24(16(15)25)9-10-1-3-11(4-2-10)23-28(26,27)17(20,21)22/h1-6,23H,7-9H2. The fourth-order valence-electron chi connectivity index (χ4n) is 2.84. The molecule has 28 heavy (non-hydrogen) atoms. The van der Waals surface area contributed by atoms with Gasteiger partial charge < -0.3 is 4.90 Å². The molecule has 0 aromatic heterocycles. The molecule has 0 fully saturated rings. The van der Waals surface area contributed by atoms with E-state index in [1.54, 1.807) is 0 Å². The number of nitrogens with zero attached hydrogens (tertiary/aromatic N) is 1. The summed E-state index contributed by atoms with van der Waals surface area (Å²) in [6, 6.07) is 7.86. The molecule has 0 atom stereocenters. The van der Waals surface area contributed by atoms with Gasteiger partial charge in [-0.15, -0.1) is 0 Å². The maximum Gasteiger partial charge on any atom is 0.516 e. The quantitative estimate of drug-likeness (QED) is 0.671. The highest BCUT2D eigenvalue weighted by molar-refractivity contribution is 9.10. The summed E-state index contributed by atoms with van der Waals surface area (Å²) in [4.78, 5) is 14.0. The molecule has 0 aliphatic carbocycles. The number of carbonyl (C=O) groups is 1. The predicted molar refractivity (Wildman–Crippen MR) is 97.6 cm³/mol. The second-order valence-electron chi connectivity index (χ2n) is 6.11. The summed E-state index contributed by atoms with van der Waals surface area (Å²) in [6.45, 7) is 0.451. The number of amides is 1. The van der Waals surface area contributed by atoms with Gasteiger partial charge in [0.05, 0.1) is 5.56 Å². The number of sulfonamides is 1. The Morgan fingerprint density at radius 3 is 2.36 bits per heavy atom. The van der Waals surface area contributed by atoms with Crippen molar-refractivity contribution in [3.8, 4) is 0 Å². The zero-order chi connectivity index (χ0) is 20.7. The first kappa shape index (κ1) is 20.6. The molecule has 0 saturated carbocycles. The third-order valence-electron chi connectivity index (χ3n) is 4.22. The van der Waals surface area contributed by atoms with Crippen LogP contribution in [0.15, 0.2) is 40.9 Å². The van der Waals surface area contributed by atoms with Gasteiger partial charge in [-0.2, -0.15) is 21.6 Å². The van der Waals surface area contributed by atoms with Crippen molar-refractivity contribution in [1.29, 1.82) is 0 Å². The molecule has 150 valence electrons. The van der Waals surface area contributed by atoms with Crippen molar-refractivity contribution in [2.24, 2.45) is 0 Å². The van der Waals surface area contributed by atoms with Gasteiger partial charge in [-0.25, -0.2) is 4.39 Å². The molecule has 2 aromatic rings. The van der Waals surface area contributed by atoms with E-state index in [9.17, 15) is 30.8 Å². The third kappa shape index (κ3) is 4.00. The summed E-state index contributed by atoms with van der Waals surface area (Å²) < 4.78 is 75.6. The number of benzene rings is 2. The fraction of sp³-hybridized carbons (Fsp3) is 0.235. The molecular weight excluding hydrogens is 468 g/mol. The van der Waals surface area contributed by atoms with E-state index >= 15 is 0 Å². The molecule has 0 spiro atoms. The van der Waals surface area contributed by atoms with Gasteiger partial charge in [-0.3, -0.25) is 9.52 Å². The average molecular weight is 481 g/mol. The molecule has 1 amide bonds. The number of halogens is 5. The number of rotatable bonds is 4. The van der Waals surface area contributed by atoms with Gasteiger partial charge in [0, 0.05) is 23.2 Å². The van der Waals surface area contributed by atoms with Crippen molar-refractivity contribution in [3.63, 3.8) is 0 Å². The van der Waals surface area contributed by atoms with Crippen molar-refractivity contribution >= 4 is 37.5 Å². The highest BCUT2D eigenvalue weighted by Crippen LogP contribution is 2.30. The second kappa shape index (κ2) is 7.36. The lowest BCUT2D eigenvalue weighted by Crippen LogP contribution is -2.38. The third-order valence-corrected chi connectivity index (χ3v) is 6.08. The van der Waals surface area contributed by atoms with Gasteiger partial charge in [-0.1, -0.05) is 28.1 Å². The molecule has 1 N–H and O–H groups in total. The molecule has 0 unspecified atom stereocenters. The topological polar surface area (TPSA) is 66.5 Å². The first-order chi connectivity index (χ1) is 13.0. The van der Waals surface area contributed by atoms with Crippen LogP contribution < -0.4 is 4.72 Å². The van der Waals surface area contributed by atoms with E-state index in [1.807, 2.05) is 0 Å². The number of anilines is 1. The normalized spacial score (nSPS) is 14.8. The van der Waals surface area contributed by atoms with Gasteiger partial charge in [0.2, 0.25) is 0 Å². The molecule has 2 aromatic carbocycles. The van der Waals surface area contributed by atoms with Crippen LogP contribution in [-0.4, -0.2) is 31.3 Å². The largest absolute Gasteiger partial charge is 0.516 e. The van der Waals surface area contributed by atoms with Gasteiger partial charge in [0.25, 0.3) is 5.91 Å². The zero-order valence-electron chi connectivity index (χ0n) is 14.1. The van der Waals surface area contributed by atoms with E-state index in [0.29, 0.717) is 28.6 Å². The Hall–Kier alpha value is -2.14. The number of fused-ring (bicyclic) bond motifs is 1. The van der Waals surface area contributed by atoms with E-state index in [0.717, 1.165) is 12.1 Å². The lowest BCUT2D eigenvalue weighted by atomic mass is 9.98. The van der Waals surface area contributed by atoms with Crippen LogP contribution in [0, 0.1) is 5.82 Å². The minimum atomic E-state index is -5.50. The molecule has 3 rings (SSSR count). The van der Waals surface area contributed by atoms with Crippen LogP contribution in [0.2, 0.25) is 0 Å².